The molecule has 0 N–H and O–H groups in total. The van der Waals surface area contributed by atoms with Gasteiger partial charge in [0, 0.05) is 6.54 Å². The Kier molecular flexibility index (Phi) is 4.35. The highest BCUT2D eigenvalue weighted by molar-refractivity contribution is 5.99. The summed E-state index contributed by atoms with van der Waals surface area (Å²) in [5, 5.41) is 0. The summed E-state index contributed by atoms with van der Waals surface area (Å²) in [7, 11) is 4.21. The van der Waals surface area contributed by atoms with Gasteiger partial charge in [-0.05, 0) is 64.9 Å². The minimum atomic E-state index is 0.0758. The second-order valence-corrected chi connectivity index (χ2v) is 5.45. The Bertz CT molecular complexity index is 311. The fraction of sp³-hybridized carbons (Fsp3) is 0.786. The fourth-order valence-electron chi connectivity index (χ4n) is 2.83. The van der Waals surface area contributed by atoms with E-state index in [0.717, 1.165) is 44.5 Å². The Hall–Kier alpha value is -0.670. The normalized spacial score (nSPS) is 28.6. The van der Waals surface area contributed by atoms with E-state index in [1.807, 2.05) is 0 Å². The molecule has 2 rings (SSSR count). The lowest BCUT2D eigenvalue weighted by molar-refractivity contribution is -0.120. The van der Waals surface area contributed by atoms with Gasteiger partial charge in [-0.1, -0.05) is 6.08 Å². The van der Waals surface area contributed by atoms with E-state index < -0.39 is 0 Å². The van der Waals surface area contributed by atoms with Gasteiger partial charge in [0.1, 0.15) is 0 Å². The van der Waals surface area contributed by atoms with E-state index in [0.29, 0.717) is 5.78 Å². The lowest BCUT2D eigenvalue weighted by Crippen LogP contribution is -2.44. The van der Waals surface area contributed by atoms with Crippen LogP contribution in [0.5, 0.6) is 0 Å². The topological polar surface area (TPSA) is 23.6 Å². The molecule has 0 aromatic carbocycles. The molecule has 96 valence electrons. The summed E-state index contributed by atoms with van der Waals surface area (Å²) in [6.07, 6.45) is 7.85. The minimum absolute atomic E-state index is 0.0758. The molecular formula is C14H24N2O. The van der Waals surface area contributed by atoms with Crippen LogP contribution in [0.2, 0.25) is 0 Å². The number of likely N-dealkylation sites (N-methyl/N-ethyl adjacent to an activating group) is 2. The van der Waals surface area contributed by atoms with E-state index in [4.69, 9.17) is 0 Å². The molecule has 1 heterocycles. The molecule has 1 aliphatic heterocycles. The zero-order valence-corrected chi connectivity index (χ0v) is 11.1. The van der Waals surface area contributed by atoms with Crippen LogP contribution in [0.25, 0.3) is 0 Å². The Morgan fingerprint density at radius 1 is 1.24 bits per heavy atom. The molecule has 0 radical (unpaired) electrons. The standard InChI is InChI=1S/C14H24N2O/c1-15-9-6-10-16(2)13(11-15)14(17)12-7-4-3-5-8-12/h7,13H,3-6,8-11H2,1-2H3. The lowest BCUT2D eigenvalue weighted by Gasteiger charge is -2.27. The first kappa shape index (κ1) is 12.8. The fourth-order valence-corrected chi connectivity index (χ4v) is 2.83. The minimum Gasteiger partial charge on any atom is -0.304 e. The number of nitrogens with zero attached hydrogens (tertiary/aromatic N) is 2. The zero-order chi connectivity index (χ0) is 12.3. The summed E-state index contributed by atoms with van der Waals surface area (Å²) < 4.78 is 0. The summed E-state index contributed by atoms with van der Waals surface area (Å²) in [6.45, 7) is 3.02. The zero-order valence-electron chi connectivity index (χ0n) is 11.1. The van der Waals surface area contributed by atoms with Crippen molar-refractivity contribution in [2.45, 2.75) is 38.1 Å². The highest BCUT2D eigenvalue weighted by Gasteiger charge is 2.29. The van der Waals surface area contributed by atoms with Gasteiger partial charge in [0.2, 0.25) is 0 Å². The molecule has 1 fully saturated rings. The third kappa shape index (κ3) is 3.17. The highest BCUT2D eigenvalue weighted by Crippen LogP contribution is 2.21. The van der Waals surface area contributed by atoms with Gasteiger partial charge in [0.15, 0.2) is 5.78 Å². The quantitative estimate of drug-likeness (QED) is 0.729. The van der Waals surface area contributed by atoms with Gasteiger partial charge in [0.25, 0.3) is 0 Å². The Morgan fingerprint density at radius 2 is 2.06 bits per heavy atom. The van der Waals surface area contributed by atoms with Crippen molar-refractivity contribution in [3.8, 4) is 0 Å². The first-order valence-corrected chi connectivity index (χ1v) is 6.80. The van der Waals surface area contributed by atoms with Crippen molar-refractivity contribution in [2.75, 3.05) is 33.7 Å². The average Bonchev–Trinajstić information content (AvgIpc) is 2.51. The Morgan fingerprint density at radius 3 is 2.76 bits per heavy atom. The van der Waals surface area contributed by atoms with Crippen LogP contribution in [0, 0.1) is 0 Å². The first-order chi connectivity index (χ1) is 8.18. The summed E-state index contributed by atoms with van der Waals surface area (Å²) >= 11 is 0. The van der Waals surface area contributed by atoms with Crippen molar-refractivity contribution in [3.05, 3.63) is 11.6 Å². The number of ketones is 1. The summed E-state index contributed by atoms with van der Waals surface area (Å²) in [4.78, 5) is 17.0. The number of allylic oxidation sites excluding steroid dienone is 1. The molecule has 1 saturated heterocycles. The van der Waals surface area contributed by atoms with Crippen molar-refractivity contribution < 1.29 is 4.79 Å². The largest absolute Gasteiger partial charge is 0.304 e. The predicted octanol–water partition coefficient (Wildman–Crippen LogP) is 1.69. The van der Waals surface area contributed by atoms with Crippen LogP contribution in [0.4, 0.5) is 0 Å². The van der Waals surface area contributed by atoms with Gasteiger partial charge >= 0.3 is 0 Å². The van der Waals surface area contributed by atoms with E-state index in [9.17, 15) is 4.79 Å². The second-order valence-electron chi connectivity index (χ2n) is 5.45. The molecule has 1 unspecified atom stereocenters. The van der Waals surface area contributed by atoms with E-state index >= 15 is 0 Å². The highest BCUT2D eigenvalue weighted by atomic mass is 16.1. The number of hydrogen-bond donors (Lipinski definition) is 0. The van der Waals surface area contributed by atoms with Crippen LogP contribution in [0.3, 0.4) is 0 Å². The van der Waals surface area contributed by atoms with Gasteiger partial charge in [0.05, 0.1) is 6.04 Å². The van der Waals surface area contributed by atoms with E-state index in [1.54, 1.807) is 0 Å². The van der Waals surface area contributed by atoms with Crippen LogP contribution >= 0.6 is 0 Å². The molecule has 0 aromatic rings. The number of rotatable bonds is 2. The van der Waals surface area contributed by atoms with E-state index in [-0.39, 0.29) is 6.04 Å². The first-order valence-electron chi connectivity index (χ1n) is 6.80. The SMILES string of the molecule is CN1CCCN(C)C(C(=O)C2=CCCCC2)C1. The van der Waals surface area contributed by atoms with Crippen molar-refractivity contribution in [1.29, 1.82) is 0 Å². The number of hydrogen-bond acceptors (Lipinski definition) is 3. The predicted molar refractivity (Wildman–Crippen MR) is 70.1 cm³/mol. The number of carbonyl (C=O) groups excluding carboxylic acids is 1. The molecule has 0 saturated carbocycles. The molecular weight excluding hydrogens is 212 g/mol. The van der Waals surface area contributed by atoms with Crippen LogP contribution in [0.15, 0.2) is 11.6 Å². The molecule has 2 aliphatic rings. The molecule has 0 bridgehead atoms. The van der Waals surface area contributed by atoms with Crippen LogP contribution in [-0.2, 0) is 4.79 Å². The molecule has 3 heteroatoms. The second kappa shape index (κ2) is 5.78. The Balaban J connectivity index is 2.07. The monoisotopic (exact) mass is 236 g/mol. The molecule has 0 spiro atoms. The molecule has 3 nitrogen and oxygen atoms in total. The van der Waals surface area contributed by atoms with Gasteiger partial charge in [-0.2, -0.15) is 0 Å². The molecule has 0 amide bonds. The van der Waals surface area contributed by atoms with Crippen LogP contribution in [0.1, 0.15) is 32.1 Å². The molecule has 17 heavy (non-hydrogen) atoms. The maximum atomic E-state index is 12.5. The smallest absolute Gasteiger partial charge is 0.176 e. The molecule has 1 atom stereocenters. The van der Waals surface area contributed by atoms with E-state index in [1.165, 1.54) is 12.8 Å². The maximum Gasteiger partial charge on any atom is 0.176 e. The summed E-state index contributed by atoms with van der Waals surface area (Å²) in [6, 6.07) is 0.0758. The van der Waals surface area contributed by atoms with Crippen molar-refractivity contribution >= 4 is 5.78 Å². The van der Waals surface area contributed by atoms with Crippen molar-refractivity contribution in [2.24, 2.45) is 0 Å². The van der Waals surface area contributed by atoms with Gasteiger partial charge in [-0.15, -0.1) is 0 Å². The molecule has 1 aliphatic carbocycles. The number of carbonyl (C=O) groups is 1. The number of Topliss-reactive ketones (excluding diaryl/α,β-unsaturated/α-hetero) is 1. The van der Waals surface area contributed by atoms with Gasteiger partial charge in [-0.3, -0.25) is 9.69 Å². The average molecular weight is 236 g/mol. The summed E-state index contributed by atoms with van der Waals surface area (Å²) in [5.41, 5.74) is 1.09. The Labute approximate surface area is 104 Å². The van der Waals surface area contributed by atoms with Crippen molar-refractivity contribution in [3.63, 3.8) is 0 Å². The van der Waals surface area contributed by atoms with Gasteiger partial charge < -0.3 is 4.90 Å². The van der Waals surface area contributed by atoms with Crippen LogP contribution < -0.4 is 0 Å². The van der Waals surface area contributed by atoms with Crippen molar-refractivity contribution in [1.82, 2.24) is 9.80 Å². The third-order valence-corrected chi connectivity index (χ3v) is 3.98. The maximum absolute atomic E-state index is 12.5. The van der Waals surface area contributed by atoms with Crippen LogP contribution in [-0.4, -0.2) is 55.4 Å². The molecule has 0 aromatic heterocycles. The third-order valence-electron chi connectivity index (χ3n) is 3.98. The van der Waals surface area contributed by atoms with Gasteiger partial charge in [-0.25, -0.2) is 0 Å². The summed E-state index contributed by atoms with van der Waals surface area (Å²) in [5.74, 6) is 0.376. The van der Waals surface area contributed by atoms with E-state index in [2.05, 4.69) is 30.0 Å². The lowest BCUT2D eigenvalue weighted by atomic mass is 9.92.